The Hall–Kier alpha value is -2.40. The molecular formula is C21H27F3N4O3S. The molecule has 7 nitrogen and oxygen atoms in total. The van der Waals surface area contributed by atoms with Crippen LogP contribution >= 0.6 is 11.3 Å². The van der Waals surface area contributed by atoms with Crippen LogP contribution in [0.15, 0.2) is 29.8 Å². The highest BCUT2D eigenvalue weighted by molar-refractivity contribution is 7.09. The van der Waals surface area contributed by atoms with Crippen LogP contribution in [0.2, 0.25) is 0 Å². The fraction of sp³-hybridized carbons (Fsp3) is 0.571. The average molecular weight is 473 g/mol. The summed E-state index contributed by atoms with van der Waals surface area (Å²) in [6.45, 7) is 2.63. The summed E-state index contributed by atoms with van der Waals surface area (Å²) in [6, 6.07) is 7.12. The van der Waals surface area contributed by atoms with E-state index < -0.39 is 12.1 Å². The number of fused-ring (bicyclic) bond motifs is 1. The maximum atomic E-state index is 12.4. The SMILES string of the molecule is O=C(CC1CN(C2CCCC2)Cc2ccnn21)NCCc1cccs1.O=C(O)C(F)(F)F. The quantitative estimate of drug-likeness (QED) is 0.671. The Morgan fingerprint density at radius 1 is 1.25 bits per heavy atom. The Balaban J connectivity index is 0.000000360. The van der Waals surface area contributed by atoms with E-state index in [2.05, 4.69) is 43.6 Å². The summed E-state index contributed by atoms with van der Waals surface area (Å²) in [5.41, 5.74) is 1.24. The van der Waals surface area contributed by atoms with Crippen molar-refractivity contribution in [1.82, 2.24) is 20.0 Å². The van der Waals surface area contributed by atoms with E-state index in [9.17, 15) is 18.0 Å². The number of aromatic nitrogens is 2. The number of thiophene rings is 1. The number of hydrogen-bond acceptors (Lipinski definition) is 5. The lowest BCUT2D eigenvalue weighted by Crippen LogP contribution is -2.44. The van der Waals surface area contributed by atoms with Gasteiger partial charge in [0.15, 0.2) is 0 Å². The minimum atomic E-state index is -5.08. The predicted octanol–water partition coefficient (Wildman–Crippen LogP) is 3.63. The molecule has 1 fully saturated rings. The van der Waals surface area contributed by atoms with E-state index in [1.54, 1.807) is 11.3 Å². The molecule has 1 saturated carbocycles. The van der Waals surface area contributed by atoms with Crippen molar-refractivity contribution < 1.29 is 27.9 Å². The Morgan fingerprint density at radius 3 is 2.59 bits per heavy atom. The first kappa shape index (κ1) is 24.2. The second kappa shape index (κ2) is 11.0. The van der Waals surface area contributed by atoms with Crippen molar-refractivity contribution in [3.05, 3.63) is 40.3 Å². The number of carboxylic acids is 1. The fourth-order valence-corrected chi connectivity index (χ4v) is 4.89. The van der Waals surface area contributed by atoms with Crippen LogP contribution in [-0.2, 0) is 22.6 Å². The molecular weight excluding hydrogens is 445 g/mol. The average Bonchev–Trinajstić information content (AvgIpc) is 3.49. The molecule has 1 aliphatic carbocycles. The van der Waals surface area contributed by atoms with Gasteiger partial charge in [-0.1, -0.05) is 18.9 Å². The highest BCUT2D eigenvalue weighted by atomic mass is 32.1. The molecule has 0 radical (unpaired) electrons. The molecule has 1 unspecified atom stereocenters. The zero-order chi connectivity index (χ0) is 23.1. The van der Waals surface area contributed by atoms with Crippen LogP contribution in [0.3, 0.4) is 0 Å². The normalized spacial score (nSPS) is 19.2. The number of carbonyl (C=O) groups is 2. The van der Waals surface area contributed by atoms with Crippen LogP contribution < -0.4 is 5.32 Å². The molecule has 2 aromatic rings. The van der Waals surface area contributed by atoms with Gasteiger partial charge in [-0.15, -0.1) is 11.3 Å². The van der Waals surface area contributed by atoms with Crippen molar-refractivity contribution in [3.8, 4) is 0 Å². The van der Waals surface area contributed by atoms with Gasteiger partial charge in [0.25, 0.3) is 0 Å². The second-order valence-electron chi connectivity index (χ2n) is 7.98. The van der Waals surface area contributed by atoms with Crippen LogP contribution in [-0.4, -0.2) is 57.0 Å². The largest absolute Gasteiger partial charge is 0.490 e. The van der Waals surface area contributed by atoms with E-state index in [0.29, 0.717) is 19.0 Å². The molecule has 11 heteroatoms. The monoisotopic (exact) mass is 472 g/mol. The summed E-state index contributed by atoms with van der Waals surface area (Å²) in [7, 11) is 0. The number of nitrogens with one attached hydrogen (secondary N) is 1. The molecule has 1 aliphatic heterocycles. The first-order valence-corrected chi connectivity index (χ1v) is 11.5. The lowest BCUT2D eigenvalue weighted by atomic mass is 10.1. The molecule has 2 N–H and O–H groups in total. The summed E-state index contributed by atoms with van der Waals surface area (Å²) in [5, 5.41) is 16.8. The first-order chi connectivity index (χ1) is 15.2. The van der Waals surface area contributed by atoms with Gasteiger partial charge in [0.2, 0.25) is 5.91 Å². The Bertz CT molecular complexity index is 879. The van der Waals surface area contributed by atoms with Crippen LogP contribution in [0, 0.1) is 0 Å². The smallest absolute Gasteiger partial charge is 0.475 e. The van der Waals surface area contributed by atoms with Gasteiger partial charge in [0, 0.05) is 36.8 Å². The standard InChI is InChI=1S/C19H26N4OS.C2HF3O2/c24-19(20-9-8-18-6-3-11-25-18)12-17-14-22(15-4-1-2-5-15)13-16-7-10-21-23(16)17;3-2(4,5)1(6)7/h3,6-7,10-11,15,17H,1-2,4-5,8-9,12-14H2,(H,20,24);(H,6,7). The Kier molecular flexibility index (Phi) is 8.30. The summed E-state index contributed by atoms with van der Waals surface area (Å²) >= 11 is 1.74. The lowest BCUT2D eigenvalue weighted by Gasteiger charge is -2.37. The van der Waals surface area contributed by atoms with E-state index in [1.807, 2.05) is 6.20 Å². The van der Waals surface area contributed by atoms with Gasteiger partial charge >= 0.3 is 12.1 Å². The van der Waals surface area contributed by atoms with Gasteiger partial charge in [-0.05, 0) is 36.8 Å². The van der Waals surface area contributed by atoms with E-state index in [0.717, 1.165) is 19.5 Å². The molecule has 32 heavy (non-hydrogen) atoms. The highest BCUT2D eigenvalue weighted by Gasteiger charge is 2.38. The number of alkyl halides is 3. The molecule has 0 spiro atoms. The number of amides is 1. The van der Waals surface area contributed by atoms with Gasteiger partial charge in [0.05, 0.1) is 18.2 Å². The third-order valence-corrected chi connectivity index (χ3v) is 6.62. The Morgan fingerprint density at radius 2 is 1.97 bits per heavy atom. The van der Waals surface area contributed by atoms with Crippen molar-refractivity contribution in [2.24, 2.45) is 0 Å². The molecule has 4 rings (SSSR count). The molecule has 0 bridgehead atoms. The van der Waals surface area contributed by atoms with Crippen molar-refractivity contribution in [1.29, 1.82) is 0 Å². The second-order valence-corrected chi connectivity index (χ2v) is 9.01. The third kappa shape index (κ3) is 6.80. The number of hydrogen-bond donors (Lipinski definition) is 2. The van der Waals surface area contributed by atoms with Crippen LogP contribution in [0.5, 0.6) is 0 Å². The number of carboxylic acid groups (broad SMARTS) is 1. The van der Waals surface area contributed by atoms with Gasteiger partial charge in [-0.3, -0.25) is 14.4 Å². The lowest BCUT2D eigenvalue weighted by molar-refractivity contribution is -0.192. The summed E-state index contributed by atoms with van der Waals surface area (Å²) in [6.07, 6.45) is 3.50. The molecule has 2 aromatic heterocycles. The zero-order valence-electron chi connectivity index (χ0n) is 17.6. The fourth-order valence-electron chi connectivity index (χ4n) is 4.18. The third-order valence-electron chi connectivity index (χ3n) is 5.69. The van der Waals surface area contributed by atoms with E-state index in [-0.39, 0.29) is 11.9 Å². The van der Waals surface area contributed by atoms with Crippen molar-refractivity contribution in [2.45, 2.75) is 63.3 Å². The van der Waals surface area contributed by atoms with Crippen LogP contribution in [0.1, 0.15) is 48.7 Å². The van der Waals surface area contributed by atoms with Gasteiger partial charge in [-0.2, -0.15) is 18.3 Å². The number of rotatable bonds is 6. The number of aliphatic carboxylic acids is 1. The number of carbonyl (C=O) groups excluding carboxylic acids is 1. The molecule has 3 heterocycles. The Labute approximate surface area is 188 Å². The molecule has 2 aliphatic rings. The highest BCUT2D eigenvalue weighted by Crippen LogP contribution is 2.30. The number of halogens is 3. The van der Waals surface area contributed by atoms with E-state index in [1.165, 1.54) is 36.3 Å². The van der Waals surface area contributed by atoms with Gasteiger partial charge in [-0.25, -0.2) is 4.79 Å². The van der Waals surface area contributed by atoms with Crippen molar-refractivity contribution >= 4 is 23.2 Å². The van der Waals surface area contributed by atoms with Crippen molar-refractivity contribution in [2.75, 3.05) is 13.1 Å². The molecule has 176 valence electrons. The minimum absolute atomic E-state index is 0.135. The maximum Gasteiger partial charge on any atom is 0.490 e. The maximum absolute atomic E-state index is 12.4. The van der Waals surface area contributed by atoms with E-state index >= 15 is 0 Å². The molecule has 1 atom stereocenters. The zero-order valence-corrected chi connectivity index (χ0v) is 18.4. The van der Waals surface area contributed by atoms with Crippen LogP contribution in [0.25, 0.3) is 0 Å². The summed E-state index contributed by atoms with van der Waals surface area (Å²) in [5.74, 6) is -2.62. The predicted molar refractivity (Wildman–Crippen MR) is 113 cm³/mol. The topological polar surface area (TPSA) is 87.5 Å². The number of nitrogens with zero attached hydrogens (tertiary/aromatic N) is 3. The molecule has 0 saturated heterocycles. The van der Waals surface area contributed by atoms with Gasteiger partial charge in [0.1, 0.15) is 0 Å². The molecule has 0 aromatic carbocycles. The summed E-state index contributed by atoms with van der Waals surface area (Å²) < 4.78 is 33.8. The molecule has 1 amide bonds. The van der Waals surface area contributed by atoms with Crippen molar-refractivity contribution in [3.63, 3.8) is 0 Å². The van der Waals surface area contributed by atoms with Crippen LogP contribution in [0.4, 0.5) is 13.2 Å². The van der Waals surface area contributed by atoms with E-state index in [4.69, 9.17) is 9.90 Å². The summed E-state index contributed by atoms with van der Waals surface area (Å²) in [4.78, 5) is 25.2. The first-order valence-electron chi connectivity index (χ1n) is 10.6. The van der Waals surface area contributed by atoms with Gasteiger partial charge < -0.3 is 10.4 Å². The minimum Gasteiger partial charge on any atom is -0.475 e.